The number of carbonyl (C=O) groups excluding carboxylic acids is 1. The molecule has 1 amide bonds. The second-order valence-corrected chi connectivity index (χ2v) is 4.97. The maximum absolute atomic E-state index is 12.7. The van der Waals surface area contributed by atoms with Gasteiger partial charge in [-0.25, -0.2) is 4.39 Å². The van der Waals surface area contributed by atoms with E-state index in [1.165, 1.54) is 23.3 Å². The SMILES string of the molecule is Cc1cccc(CCNCC(=O)Nc2ccc(F)cc2)c1. The van der Waals surface area contributed by atoms with Crippen molar-refractivity contribution in [2.45, 2.75) is 13.3 Å². The lowest BCUT2D eigenvalue weighted by Gasteiger charge is -2.07. The number of hydrogen-bond donors (Lipinski definition) is 2. The van der Waals surface area contributed by atoms with Crippen molar-refractivity contribution in [3.05, 3.63) is 65.5 Å². The summed E-state index contributed by atoms with van der Waals surface area (Å²) in [5, 5.41) is 5.81. The molecule has 0 aliphatic carbocycles. The van der Waals surface area contributed by atoms with Gasteiger partial charge in [-0.2, -0.15) is 0 Å². The Morgan fingerprint density at radius 3 is 2.62 bits per heavy atom. The second kappa shape index (κ2) is 7.55. The maximum atomic E-state index is 12.7. The minimum atomic E-state index is -0.315. The Labute approximate surface area is 124 Å². The van der Waals surface area contributed by atoms with Crippen LogP contribution in [0.5, 0.6) is 0 Å². The zero-order chi connectivity index (χ0) is 15.1. The normalized spacial score (nSPS) is 10.4. The van der Waals surface area contributed by atoms with Crippen molar-refractivity contribution in [3.8, 4) is 0 Å². The lowest BCUT2D eigenvalue weighted by Crippen LogP contribution is -2.29. The Bertz CT molecular complexity index is 596. The van der Waals surface area contributed by atoms with Gasteiger partial charge in [0.2, 0.25) is 5.91 Å². The minimum absolute atomic E-state index is 0.133. The number of carbonyl (C=O) groups is 1. The van der Waals surface area contributed by atoms with Gasteiger partial charge in [0.25, 0.3) is 0 Å². The fraction of sp³-hybridized carbons (Fsp3) is 0.235. The van der Waals surface area contributed by atoms with E-state index in [1.54, 1.807) is 12.1 Å². The lowest BCUT2D eigenvalue weighted by atomic mass is 10.1. The molecule has 2 N–H and O–H groups in total. The predicted molar refractivity (Wildman–Crippen MR) is 82.8 cm³/mol. The van der Waals surface area contributed by atoms with Crippen molar-refractivity contribution in [1.82, 2.24) is 5.32 Å². The number of benzene rings is 2. The third-order valence-corrected chi connectivity index (χ3v) is 3.09. The lowest BCUT2D eigenvalue weighted by molar-refractivity contribution is -0.115. The van der Waals surface area contributed by atoms with E-state index in [4.69, 9.17) is 0 Å². The summed E-state index contributed by atoms with van der Waals surface area (Å²) >= 11 is 0. The van der Waals surface area contributed by atoms with Gasteiger partial charge < -0.3 is 10.6 Å². The van der Waals surface area contributed by atoms with Gasteiger partial charge in [-0.1, -0.05) is 29.8 Å². The van der Waals surface area contributed by atoms with E-state index in [1.807, 2.05) is 6.07 Å². The van der Waals surface area contributed by atoms with Gasteiger partial charge in [0.1, 0.15) is 5.82 Å². The first-order valence-electron chi connectivity index (χ1n) is 6.95. The smallest absolute Gasteiger partial charge is 0.238 e. The van der Waals surface area contributed by atoms with Crippen molar-refractivity contribution >= 4 is 11.6 Å². The van der Waals surface area contributed by atoms with Gasteiger partial charge in [-0.05, 0) is 49.7 Å². The number of rotatable bonds is 6. The van der Waals surface area contributed by atoms with Crippen LogP contribution in [-0.2, 0) is 11.2 Å². The number of nitrogens with one attached hydrogen (secondary N) is 2. The van der Waals surface area contributed by atoms with Crippen LogP contribution in [0, 0.1) is 12.7 Å². The van der Waals surface area contributed by atoms with E-state index in [9.17, 15) is 9.18 Å². The summed E-state index contributed by atoms with van der Waals surface area (Å²) in [4.78, 5) is 11.7. The van der Waals surface area contributed by atoms with Crippen LogP contribution < -0.4 is 10.6 Å². The average Bonchev–Trinajstić information content (AvgIpc) is 2.46. The minimum Gasteiger partial charge on any atom is -0.325 e. The van der Waals surface area contributed by atoms with E-state index in [-0.39, 0.29) is 18.3 Å². The summed E-state index contributed by atoms with van der Waals surface area (Å²) in [6.45, 7) is 3.04. The first kappa shape index (κ1) is 15.2. The van der Waals surface area contributed by atoms with Crippen molar-refractivity contribution in [3.63, 3.8) is 0 Å². The Morgan fingerprint density at radius 1 is 1.14 bits per heavy atom. The molecule has 0 heterocycles. The summed E-state index contributed by atoms with van der Waals surface area (Å²) in [5.41, 5.74) is 3.09. The first-order chi connectivity index (χ1) is 10.1. The van der Waals surface area contributed by atoms with E-state index in [0.29, 0.717) is 5.69 Å². The monoisotopic (exact) mass is 286 g/mol. The Hall–Kier alpha value is -2.20. The Kier molecular flexibility index (Phi) is 5.46. The van der Waals surface area contributed by atoms with Crippen LogP contribution in [0.3, 0.4) is 0 Å². The van der Waals surface area contributed by atoms with Crippen molar-refractivity contribution in [1.29, 1.82) is 0 Å². The van der Waals surface area contributed by atoms with E-state index in [0.717, 1.165) is 13.0 Å². The molecule has 2 rings (SSSR count). The Balaban J connectivity index is 1.68. The highest BCUT2D eigenvalue weighted by molar-refractivity contribution is 5.92. The van der Waals surface area contributed by atoms with Gasteiger partial charge in [-0.15, -0.1) is 0 Å². The number of anilines is 1. The van der Waals surface area contributed by atoms with Gasteiger partial charge in [0.15, 0.2) is 0 Å². The quantitative estimate of drug-likeness (QED) is 0.802. The molecule has 0 aliphatic rings. The highest BCUT2D eigenvalue weighted by Gasteiger charge is 2.02. The standard InChI is InChI=1S/C17H19FN2O/c1-13-3-2-4-14(11-13)9-10-19-12-17(21)20-16-7-5-15(18)6-8-16/h2-8,11,19H,9-10,12H2,1H3,(H,20,21). The number of amides is 1. The summed E-state index contributed by atoms with van der Waals surface area (Å²) in [6.07, 6.45) is 0.880. The predicted octanol–water partition coefficient (Wildman–Crippen LogP) is 2.90. The maximum Gasteiger partial charge on any atom is 0.238 e. The van der Waals surface area contributed by atoms with Crippen molar-refractivity contribution in [2.24, 2.45) is 0 Å². The van der Waals surface area contributed by atoms with Crippen LogP contribution in [0.2, 0.25) is 0 Å². The molecule has 110 valence electrons. The molecule has 2 aromatic rings. The largest absolute Gasteiger partial charge is 0.325 e. The second-order valence-electron chi connectivity index (χ2n) is 4.97. The third kappa shape index (κ3) is 5.36. The molecular formula is C17H19FN2O. The fourth-order valence-electron chi connectivity index (χ4n) is 2.04. The van der Waals surface area contributed by atoms with E-state index >= 15 is 0 Å². The zero-order valence-corrected chi connectivity index (χ0v) is 12.0. The first-order valence-corrected chi connectivity index (χ1v) is 6.95. The van der Waals surface area contributed by atoms with Crippen LogP contribution in [0.1, 0.15) is 11.1 Å². The van der Waals surface area contributed by atoms with Gasteiger partial charge in [0, 0.05) is 5.69 Å². The molecule has 0 fully saturated rings. The average molecular weight is 286 g/mol. The van der Waals surface area contributed by atoms with Crippen molar-refractivity contribution in [2.75, 3.05) is 18.4 Å². The molecule has 0 saturated carbocycles. The third-order valence-electron chi connectivity index (χ3n) is 3.09. The molecule has 0 saturated heterocycles. The zero-order valence-electron chi connectivity index (χ0n) is 12.0. The molecule has 0 aliphatic heterocycles. The molecule has 2 aromatic carbocycles. The molecule has 0 atom stereocenters. The fourth-order valence-corrected chi connectivity index (χ4v) is 2.04. The van der Waals surface area contributed by atoms with Gasteiger partial charge in [-0.3, -0.25) is 4.79 Å². The number of halogens is 1. The topological polar surface area (TPSA) is 41.1 Å². The summed E-state index contributed by atoms with van der Waals surface area (Å²) in [7, 11) is 0. The summed E-state index contributed by atoms with van der Waals surface area (Å²) in [5.74, 6) is -0.449. The molecule has 3 nitrogen and oxygen atoms in total. The Morgan fingerprint density at radius 2 is 1.90 bits per heavy atom. The highest BCUT2D eigenvalue weighted by atomic mass is 19.1. The van der Waals surface area contributed by atoms with Gasteiger partial charge >= 0.3 is 0 Å². The molecule has 0 aromatic heterocycles. The van der Waals surface area contributed by atoms with Crippen LogP contribution in [0.25, 0.3) is 0 Å². The molecular weight excluding hydrogens is 267 g/mol. The highest BCUT2D eigenvalue weighted by Crippen LogP contribution is 2.07. The van der Waals surface area contributed by atoms with Crippen LogP contribution >= 0.6 is 0 Å². The van der Waals surface area contributed by atoms with Crippen LogP contribution in [-0.4, -0.2) is 19.0 Å². The number of hydrogen-bond acceptors (Lipinski definition) is 2. The number of aryl methyl sites for hydroxylation is 1. The molecule has 0 radical (unpaired) electrons. The summed E-state index contributed by atoms with van der Waals surface area (Å²) in [6, 6.07) is 14.0. The van der Waals surface area contributed by atoms with Crippen LogP contribution in [0.15, 0.2) is 48.5 Å². The van der Waals surface area contributed by atoms with E-state index < -0.39 is 0 Å². The van der Waals surface area contributed by atoms with Crippen molar-refractivity contribution < 1.29 is 9.18 Å². The molecule has 0 unspecified atom stereocenters. The van der Waals surface area contributed by atoms with Gasteiger partial charge in [0.05, 0.1) is 6.54 Å². The molecule has 0 spiro atoms. The summed E-state index contributed by atoms with van der Waals surface area (Å²) < 4.78 is 12.7. The molecule has 0 bridgehead atoms. The van der Waals surface area contributed by atoms with Crippen LogP contribution in [0.4, 0.5) is 10.1 Å². The molecule has 21 heavy (non-hydrogen) atoms. The molecule has 4 heteroatoms. The van der Waals surface area contributed by atoms with E-state index in [2.05, 4.69) is 35.8 Å².